The van der Waals surface area contributed by atoms with E-state index in [0.717, 1.165) is 49.5 Å². The molecule has 0 unspecified atom stereocenters. The van der Waals surface area contributed by atoms with Gasteiger partial charge in [0.25, 0.3) is 0 Å². The molecule has 4 fully saturated rings. The lowest BCUT2D eigenvalue weighted by Crippen LogP contribution is -2.48. The Morgan fingerprint density at radius 1 is 0.882 bits per heavy atom. The van der Waals surface area contributed by atoms with Crippen molar-refractivity contribution >= 4 is 33.2 Å². The number of aromatic nitrogens is 1. The normalized spacial score (nSPS) is 27.4. The van der Waals surface area contributed by atoms with Crippen molar-refractivity contribution in [2.24, 2.45) is 17.8 Å². The summed E-state index contributed by atoms with van der Waals surface area (Å²) in [6.45, 7) is 0. The predicted octanol–water partition coefficient (Wildman–Crippen LogP) is 7.24. The summed E-state index contributed by atoms with van der Waals surface area (Å²) in [5, 5.41) is 1.06. The van der Waals surface area contributed by atoms with E-state index in [2.05, 4.69) is 18.2 Å². The second kappa shape index (κ2) is 7.51. The maximum absolute atomic E-state index is 14.1. The molecule has 0 atom stereocenters. The molecule has 170 valence electrons. The lowest BCUT2D eigenvalue weighted by molar-refractivity contribution is -0.00449. The van der Waals surface area contributed by atoms with E-state index in [4.69, 9.17) is 10.7 Å². The highest BCUT2D eigenvalue weighted by molar-refractivity contribution is 7.22. The van der Waals surface area contributed by atoms with Gasteiger partial charge in [0.1, 0.15) is 10.6 Å². The van der Waals surface area contributed by atoms with Crippen LogP contribution in [-0.2, 0) is 5.41 Å². The number of nitrogens with zero attached hydrogens (tertiary/aromatic N) is 1. The van der Waals surface area contributed by atoms with Crippen molar-refractivity contribution in [2.75, 3.05) is 5.73 Å². The smallest absolute Gasteiger partial charge is 0.195 e. The van der Waals surface area contributed by atoms with Crippen LogP contribution in [0.15, 0.2) is 66.7 Å². The second-order valence-corrected chi connectivity index (χ2v) is 11.8. The SMILES string of the molecule is Nc1cc(C23CC4CC(CC(C4)C2)C3)c2c(C(=O)c3ccccc3)c(-c3ccccc3)sc2n1. The van der Waals surface area contributed by atoms with Crippen molar-refractivity contribution in [1.82, 2.24) is 4.98 Å². The summed E-state index contributed by atoms with van der Waals surface area (Å²) in [6, 6.07) is 22.1. The Morgan fingerprint density at radius 2 is 1.47 bits per heavy atom. The van der Waals surface area contributed by atoms with Gasteiger partial charge in [-0.15, -0.1) is 11.3 Å². The fourth-order valence-electron chi connectivity index (χ4n) is 7.72. The van der Waals surface area contributed by atoms with E-state index in [1.807, 2.05) is 48.5 Å². The monoisotopic (exact) mass is 464 g/mol. The van der Waals surface area contributed by atoms with Crippen molar-refractivity contribution in [2.45, 2.75) is 43.9 Å². The van der Waals surface area contributed by atoms with Crippen LogP contribution in [0.3, 0.4) is 0 Å². The Kier molecular flexibility index (Phi) is 4.51. The summed E-state index contributed by atoms with van der Waals surface area (Å²) >= 11 is 1.62. The zero-order chi connectivity index (χ0) is 22.9. The molecule has 0 saturated heterocycles. The second-order valence-electron chi connectivity index (χ2n) is 10.8. The summed E-state index contributed by atoms with van der Waals surface area (Å²) in [5.41, 5.74) is 10.5. The standard InChI is InChI=1S/C30H28N2OS/c31-24-14-23(30-15-18-11-19(16-30)13-20(12-18)17-30)25-26(27(33)21-7-3-1-4-8-21)28(34-29(25)32-24)22-9-5-2-6-10-22/h1-10,14,18-20H,11-13,15-17H2,(H2,31,32). The number of pyridine rings is 1. The highest BCUT2D eigenvalue weighted by Crippen LogP contribution is 2.62. The first kappa shape index (κ1) is 20.4. The summed E-state index contributed by atoms with van der Waals surface area (Å²) in [6.07, 6.45) is 7.85. The lowest BCUT2D eigenvalue weighted by Gasteiger charge is -2.57. The largest absolute Gasteiger partial charge is 0.384 e. The lowest BCUT2D eigenvalue weighted by atomic mass is 9.48. The quantitative estimate of drug-likeness (QED) is 0.324. The van der Waals surface area contributed by atoms with E-state index in [9.17, 15) is 4.79 Å². The van der Waals surface area contributed by atoms with E-state index in [1.54, 1.807) is 11.3 Å². The molecule has 2 aromatic heterocycles. The first-order valence-corrected chi connectivity index (χ1v) is 13.3. The number of ketones is 1. The molecule has 0 spiro atoms. The van der Waals surface area contributed by atoms with Gasteiger partial charge in [-0.25, -0.2) is 4.98 Å². The number of nitrogens with two attached hydrogens (primary N) is 1. The Morgan fingerprint density at radius 3 is 2.09 bits per heavy atom. The van der Waals surface area contributed by atoms with Crippen molar-refractivity contribution < 1.29 is 4.79 Å². The molecule has 4 bridgehead atoms. The van der Waals surface area contributed by atoms with Crippen molar-refractivity contribution in [3.63, 3.8) is 0 Å². The third-order valence-corrected chi connectivity index (χ3v) is 9.72. The molecule has 34 heavy (non-hydrogen) atoms. The number of benzene rings is 2. The predicted molar refractivity (Wildman–Crippen MR) is 139 cm³/mol. The zero-order valence-corrected chi connectivity index (χ0v) is 20.0. The average Bonchev–Trinajstić information content (AvgIpc) is 3.22. The molecule has 8 rings (SSSR count). The molecular weight excluding hydrogens is 436 g/mol. The highest BCUT2D eigenvalue weighted by Gasteiger charge is 2.52. The van der Waals surface area contributed by atoms with Crippen LogP contribution < -0.4 is 5.73 Å². The van der Waals surface area contributed by atoms with Gasteiger partial charge in [-0.1, -0.05) is 60.7 Å². The molecular formula is C30H28N2OS. The number of hydrogen-bond donors (Lipinski definition) is 1. The van der Waals surface area contributed by atoms with Crippen molar-refractivity contribution in [3.8, 4) is 10.4 Å². The summed E-state index contributed by atoms with van der Waals surface area (Å²) < 4.78 is 0. The van der Waals surface area contributed by atoms with E-state index < -0.39 is 0 Å². The van der Waals surface area contributed by atoms with Crippen LogP contribution in [-0.4, -0.2) is 10.8 Å². The molecule has 0 aliphatic heterocycles. The molecule has 3 nitrogen and oxygen atoms in total. The molecule has 0 amide bonds. The van der Waals surface area contributed by atoms with E-state index in [1.165, 1.54) is 44.1 Å². The zero-order valence-electron chi connectivity index (χ0n) is 19.2. The highest BCUT2D eigenvalue weighted by atomic mass is 32.1. The van der Waals surface area contributed by atoms with Crippen molar-refractivity contribution in [3.05, 3.63) is 83.4 Å². The van der Waals surface area contributed by atoms with Crippen molar-refractivity contribution in [1.29, 1.82) is 0 Å². The minimum absolute atomic E-state index is 0.0863. The third kappa shape index (κ3) is 3.08. The van der Waals surface area contributed by atoms with E-state index in [-0.39, 0.29) is 11.2 Å². The van der Waals surface area contributed by atoms with E-state index >= 15 is 0 Å². The Hall–Kier alpha value is -2.98. The Labute approximate surface area is 204 Å². The molecule has 2 aromatic carbocycles. The topological polar surface area (TPSA) is 56.0 Å². The molecule has 2 heterocycles. The maximum Gasteiger partial charge on any atom is 0.195 e. The summed E-state index contributed by atoms with van der Waals surface area (Å²) in [5.74, 6) is 3.12. The van der Waals surface area contributed by atoms with Gasteiger partial charge in [0.2, 0.25) is 0 Å². The molecule has 4 saturated carbocycles. The third-order valence-electron chi connectivity index (χ3n) is 8.59. The number of hydrogen-bond acceptors (Lipinski definition) is 4. The van der Waals surface area contributed by atoms with Gasteiger partial charge in [0, 0.05) is 15.8 Å². The number of nitrogen functional groups attached to an aromatic ring is 1. The first-order chi connectivity index (χ1) is 16.6. The Balaban J connectivity index is 1.52. The number of rotatable bonds is 4. The molecule has 4 aromatic rings. The fourth-order valence-corrected chi connectivity index (χ4v) is 8.93. The number of thiophene rings is 1. The van der Waals surface area contributed by atoms with Gasteiger partial charge >= 0.3 is 0 Å². The average molecular weight is 465 g/mol. The van der Waals surface area contributed by atoms with Crippen LogP contribution in [0, 0.1) is 17.8 Å². The summed E-state index contributed by atoms with van der Waals surface area (Å²) in [7, 11) is 0. The summed E-state index contributed by atoms with van der Waals surface area (Å²) in [4.78, 5) is 20.8. The van der Waals surface area contributed by atoms with E-state index in [0.29, 0.717) is 5.82 Å². The Bertz CT molecular complexity index is 1370. The molecule has 4 heteroatoms. The number of anilines is 1. The number of carbonyl (C=O) groups is 1. The van der Waals surface area contributed by atoms with Gasteiger partial charge < -0.3 is 5.73 Å². The maximum atomic E-state index is 14.1. The minimum Gasteiger partial charge on any atom is -0.384 e. The number of fused-ring (bicyclic) bond motifs is 1. The first-order valence-electron chi connectivity index (χ1n) is 12.5. The molecule has 4 aliphatic rings. The fraction of sp³-hybridized carbons (Fsp3) is 0.333. The minimum atomic E-state index is 0.0863. The van der Waals surface area contributed by atoms with Crippen LogP contribution >= 0.6 is 11.3 Å². The van der Waals surface area contributed by atoms with Crippen LogP contribution in [0.5, 0.6) is 0 Å². The molecule has 2 N–H and O–H groups in total. The van der Waals surface area contributed by atoms with Crippen LogP contribution in [0.4, 0.5) is 5.82 Å². The van der Waals surface area contributed by atoms with Gasteiger partial charge in [-0.05, 0) is 78.9 Å². The van der Waals surface area contributed by atoms with Gasteiger partial charge in [0.05, 0.1) is 5.56 Å². The van der Waals surface area contributed by atoms with Crippen LogP contribution in [0.25, 0.3) is 20.7 Å². The van der Waals surface area contributed by atoms with Crippen LogP contribution in [0.1, 0.15) is 60.0 Å². The molecule has 4 aliphatic carbocycles. The van der Waals surface area contributed by atoms with Gasteiger partial charge in [0.15, 0.2) is 5.78 Å². The molecule has 0 radical (unpaired) electrons. The van der Waals surface area contributed by atoms with Gasteiger partial charge in [-0.2, -0.15) is 0 Å². The van der Waals surface area contributed by atoms with Crippen LogP contribution in [0.2, 0.25) is 0 Å². The van der Waals surface area contributed by atoms with Gasteiger partial charge in [-0.3, -0.25) is 4.79 Å². The number of carbonyl (C=O) groups excluding carboxylic acids is 1.